The van der Waals surface area contributed by atoms with Crippen LogP contribution in [0.3, 0.4) is 0 Å². The van der Waals surface area contributed by atoms with E-state index in [2.05, 4.69) is 57.8 Å². The van der Waals surface area contributed by atoms with Crippen LogP contribution in [0.1, 0.15) is 50.6 Å². The average Bonchev–Trinajstić information content (AvgIpc) is 2.73. The maximum Gasteiger partial charge on any atom is 0.191 e. The number of ether oxygens (including phenoxy) is 1. The van der Waals surface area contributed by atoms with Gasteiger partial charge < -0.3 is 15.4 Å². The lowest BCUT2D eigenvalue weighted by molar-refractivity contribution is -0.0352. The highest BCUT2D eigenvalue weighted by Gasteiger charge is 2.38. The van der Waals surface area contributed by atoms with Crippen molar-refractivity contribution in [2.45, 2.75) is 50.6 Å². The first kappa shape index (κ1) is 19.2. The fourth-order valence-electron chi connectivity index (χ4n) is 4.33. The van der Waals surface area contributed by atoms with Crippen molar-refractivity contribution in [1.29, 1.82) is 0 Å². The number of rotatable bonds is 5. The summed E-state index contributed by atoms with van der Waals surface area (Å²) in [4.78, 5) is 7.13. The van der Waals surface area contributed by atoms with Crippen molar-refractivity contribution in [2.75, 3.05) is 39.9 Å². The molecule has 1 unspecified atom stereocenters. The molecule has 1 aromatic rings. The molecule has 0 bridgehead atoms. The Morgan fingerprint density at radius 2 is 1.85 bits per heavy atom. The molecular weight excluding hydrogens is 324 g/mol. The number of hydrogen-bond acceptors (Lipinski definition) is 3. The van der Waals surface area contributed by atoms with Crippen molar-refractivity contribution in [3.05, 3.63) is 35.9 Å². The number of morpholine rings is 1. The Morgan fingerprint density at radius 1 is 1.15 bits per heavy atom. The second-order valence-electron chi connectivity index (χ2n) is 7.59. The van der Waals surface area contributed by atoms with Crippen LogP contribution < -0.4 is 10.6 Å². The van der Waals surface area contributed by atoms with E-state index >= 15 is 0 Å². The predicted molar refractivity (Wildman–Crippen MR) is 108 cm³/mol. The molecule has 0 aromatic heterocycles. The number of benzene rings is 1. The van der Waals surface area contributed by atoms with E-state index in [1.54, 1.807) is 0 Å². The zero-order chi connectivity index (χ0) is 18.2. The molecule has 1 heterocycles. The number of guanidine groups is 1. The van der Waals surface area contributed by atoms with Crippen LogP contribution in [0.15, 0.2) is 35.3 Å². The molecule has 3 rings (SSSR count). The zero-order valence-corrected chi connectivity index (χ0v) is 16.3. The largest absolute Gasteiger partial charge is 0.379 e. The molecule has 2 N–H and O–H groups in total. The minimum atomic E-state index is 0.230. The van der Waals surface area contributed by atoms with Gasteiger partial charge >= 0.3 is 0 Å². The Hall–Kier alpha value is -1.59. The first-order chi connectivity index (χ1) is 12.7. The molecule has 2 fully saturated rings. The summed E-state index contributed by atoms with van der Waals surface area (Å²) < 4.78 is 5.59. The van der Waals surface area contributed by atoms with Gasteiger partial charge in [-0.3, -0.25) is 9.89 Å². The number of nitrogens with one attached hydrogen (secondary N) is 2. The van der Waals surface area contributed by atoms with Gasteiger partial charge in [-0.1, -0.05) is 49.6 Å². The lowest BCUT2D eigenvalue weighted by atomic mass is 9.80. The summed E-state index contributed by atoms with van der Waals surface area (Å²) >= 11 is 0. The number of nitrogens with zero attached hydrogens (tertiary/aromatic N) is 2. The summed E-state index contributed by atoms with van der Waals surface area (Å²) in [5.74, 6) is 0.888. The Labute approximate surface area is 158 Å². The van der Waals surface area contributed by atoms with Crippen molar-refractivity contribution in [3.8, 4) is 0 Å². The molecule has 2 aliphatic rings. The van der Waals surface area contributed by atoms with E-state index < -0.39 is 0 Å². The molecular formula is C21H34N4O. The minimum Gasteiger partial charge on any atom is -0.379 e. The number of aliphatic imine (C=N–C) groups is 1. The third-order valence-electron chi connectivity index (χ3n) is 5.93. The monoisotopic (exact) mass is 358 g/mol. The van der Waals surface area contributed by atoms with Gasteiger partial charge in [0.2, 0.25) is 0 Å². The topological polar surface area (TPSA) is 48.9 Å². The standard InChI is InChI=1S/C21H34N4O/c1-18(19-9-5-3-6-10-19)24-20(22-2)23-17-21(11-7-4-8-12-21)25-13-15-26-16-14-25/h3,5-6,9-10,18H,4,7-8,11-17H2,1-2H3,(H2,22,23,24). The van der Waals surface area contributed by atoms with Crippen molar-refractivity contribution >= 4 is 5.96 Å². The minimum absolute atomic E-state index is 0.230. The van der Waals surface area contributed by atoms with Crippen molar-refractivity contribution < 1.29 is 4.74 Å². The van der Waals surface area contributed by atoms with Gasteiger partial charge in [-0.05, 0) is 25.3 Å². The SMILES string of the molecule is CN=C(NCC1(N2CCOCC2)CCCCC1)NC(C)c1ccccc1. The Bertz CT molecular complexity index is 563. The third kappa shape index (κ3) is 4.77. The van der Waals surface area contributed by atoms with Gasteiger partial charge in [-0.15, -0.1) is 0 Å². The molecule has 26 heavy (non-hydrogen) atoms. The summed E-state index contributed by atoms with van der Waals surface area (Å²) in [6.07, 6.45) is 6.55. The summed E-state index contributed by atoms with van der Waals surface area (Å²) in [5, 5.41) is 7.17. The Morgan fingerprint density at radius 3 is 2.50 bits per heavy atom. The molecule has 1 aromatic carbocycles. The smallest absolute Gasteiger partial charge is 0.191 e. The molecule has 0 radical (unpaired) electrons. The molecule has 1 aliphatic heterocycles. The molecule has 1 saturated carbocycles. The van der Waals surface area contributed by atoms with E-state index in [-0.39, 0.29) is 11.6 Å². The zero-order valence-electron chi connectivity index (χ0n) is 16.3. The van der Waals surface area contributed by atoms with Crippen LogP contribution in [0, 0.1) is 0 Å². The maximum atomic E-state index is 5.59. The normalized spacial score (nSPS) is 22.6. The van der Waals surface area contributed by atoms with Gasteiger partial charge in [-0.25, -0.2) is 0 Å². The highest BCUT2D eigenvalue weighted by molar-refractivity contribution is 5.80. The van der Waals surface area contributed by atoms with Crippen LogP contribution in [-0.4, -0.2) is 56.3 Å². The average molecular weight is 359 g/mol. The molecule has 5 heteroatoms. The van der Waals surface area contributed by atoms with Crippen molar-refractivity contribution in [1.82, 2.24) is 15.5 Å². The Balaban J connectivity index is 1.61. The van der Waals surface area contributed by atoms with E-state index in [1.807, 2.05) is 7.05 Å². The van der Waals surface area contributed by atoms with E-state index in [1.165, 1.54) is 37.7 Å². The highest BCUT2D eigenvalue weighted by Crippen LogP contribution is 2.33. The molecule has 0 amide bonds. The molecule has 144 valence electrons. The van der Waals surface area contributed by atoms with Crippen LogP contribution in [0.25, 0.3) is 0 Å². The molecule has 1 saturated heterocycles. The van der Waals surface area contributed by atoms with E-state index in [9.17, 15) is 0 Å². The van der Waals surface area contributed by atoms with Crippen LogP contribution >= 0.6 is 0 Å². The summed E-state index contributed by atoms with van der Waals surface area (Å²) in [5.41, 5.74) is 1.52. The predicted octanol–water partition coefficient (Wildman–Crippen LogP) is 2.95. The highest BCUT2D eigenvalue weighted by atomic mass is 16.5. The fraction of sp³-hybridized carbons (Fsp3) is 0.667. The van der Waals surface area contributed by atoms with Gasteiger partial charge in [0.1, 0.15) is 0 Å². The van der Waals surface area contributed by atoms with Crippen LogP contribution in [0.4, 0.5) is 0 Å². The van der Waals surface area contributed by atoms with Gasteiger partial charge in [-0.2, -0.15) is 0 Å². The first-order valence-corrected chi connectivity index (χ1v) is 10.1. The third-order valence-corrected chi connectivity index (χ3v) is 5.93. The van der Waals surface area contributed by atoms with Crippen LogP contribution in [0.5, 0.6) is 0 Å². The van der Waals surface area contributed by atoms with Crippen molar-refractivity contribution in [3.63, 3.8) is 0 Å². The quantitative estimate of drug-likeness (QED) is 0.628. The second kappa shape index (κ2) is 9.38. The lowest BCUT2D eigenvalue weighted by Crippen LogP contribution is -2.60. The summed E-state index contributed by atoms with van der Waals surface area (Å²) in [6, 6.07) is 10.8. The Kier molecular flexibility index (Phi) is 6.92. The van der Waals surface area contributed by atoms with Crippen LogP contribution in [-0.2, 0) is 4.74 Å². The number of hydrogen-bond donors (Lipinski definition) is 2. The van der Waals surface area contributed by atoms with Gasteiger partial charge in [0, 0.05) is 32.2 Å². The summed E-state index contributed by atoms with van der Waals surface area (Å²) in [6.45, 7) is 6.95. The maximum absolute atomic E-state index is 5.59. The molecule has 1 atom stereocenters. The van der Waals surface area contributed by atoms with E-state index in [0.717, 1.165) is 38.8 Å². The molecule has 1 aliphatic carbocycles. The van der Waals surface area contributed by atoms with Crippen LogP contribution in [0.2, 0.25) is 0 Å². The van der Waals surface area contributed by atoms with E-state index in [4.69, 9.17) is 4.74 Å². The van der Waals surface area contributed by atoms with Gasteiger partial charge in [0.15, 0.2) is 5.96 Å². The summed E-state index contributed by atoms with van der Waals surface area (Å²) in [7, 11) is 1.86. The van der Waals surface area contributed by atoms with Gasteiger partial charge in [0.25, 0.3) is 0 Å². The van der Waals surface area contributed by atoms with E-state index in [0.29, 0.717) is 0 Å². The lowest BCUT2D eigenvalue weighted by Gasteiger charge is -2.48. The second-order valence-corrected chi connectivity index (χ2v) is 7.59. The first-order valence-electron chi connectivity index (χ1n) is 10.1. The fourth-order valence-corrected chi connectivity index (χ4v) is 4.33. The van der Waals surface area contributed by atoms with Gasteiger partial charge in [0.05, 0.1) is 19.3 Å². The molecule has 5 nitrogen and oxygen atoms in total. The van der Waals surface area contributed by atoms with Crippen molar-refractivity contribution in [2.24, 2.45) is 4.99 Å². The molecule has 0 spiro atoms.